The number of fused-ring (bicyclic) bond motifs is 1. The van der Waals surface area contributed by atoms with Gasteiger partial charge >= 0.3 is 0 Å². The second-order valence-electron chi connectivity index (χ2n) is 3.57. The van der Waals surface area contributed by atoms with E-state index in [1.807, 2.05) is 6.20 Å². The maximum atomic E-state index is 4.33. The maximum absolute atomic E-state index is 4.33. The summed E-state index contributed by atoms with van der Waals surface area (Å²) in [6.07, 6.45) is 5.40. The first kappa shape index (κ1) is 11.0. The highest BCUT2D eigenvalue weighted by molar-refractivity contribution is 5.54. The first-order valence-electron chi connectivity index (χ1n) is 5.53. The summed E-state index contributed by atoms with van der Waals surface area (Å²) in [4.78, 5) is 4.33. The molecule has 1 aromatic rings. The third-order valence-electron chi connectivity index (χ3n) is 2.12. The van der Waals surface area contributed by atoms with E-state index in [0.717, 1.165) is 19.4 Å². The smallest absolute Gasteiger partial charge is 0.0421 e. The van der Waals surface area contributed by atoms with Crippen molar-refractivity contribution in [3.8, 4) is 0 Å². The quantitative estimate of drug-likeness (QED) is 0.739. The average Bonchev–Trinajstić information content (AvgIpc) is 2.65. The van der Waals surface area contributed by atoms with Crippen molar-refractivity contribution >= 4 is 5.69 Å². The normalized spacial score (nSPS) is 12.5. The number of nitrogens with one attached hydrogen (secondary N) is 1. The molecule has 78 valence electrons. The summed E-state index contributed by atoms with van der Waals surface area (Å²) in [6.45, 7) is 7.45. The molecule has 2 heterocycles. The first-order valence-corrected chi connectivity index (χ1v) is 5.53. The standard InChI is InChI=1S/C9H12N2.C3H8/c1-2-8-5-9-7(6-11-8)3-4-10-9;1-3-2/h5-6,10H,2-4H2,1H3;3H2,1-2H3. The molecule has 0 bridgehead atoms. The van der Waals surface area contributed by atoms with Gasteiger partial charge < -0.3 is 5.32 Å². The second-order valence-corrected chi connectivity index (χ2v) is 3.57. The van der Waals surface area contributed by atoms with Gasteiger partial charge in [0.1, 0.15) is 0 Å². The monoisotopic (exact) mass is 192 g/mol. The fourth-order valence-corrected chi connectivity index (χ4v) is 1.42. The van der Waals surface area contributed by atoms with E-state index in [2.05, 4.69) is 37.1 Å². The molecule has 0 atom stereocenters. The minimum absolute atomic E-state index is 1.02. The molecule has 2 rings (SSSR count). The lowest BCUT2D eigenvalue weighted by Gasteiger charge is -2.00. The number of nitrogens with zero attached hydrogens (tertiary/aromatic N) is 1. The van der Waals surface area contributed by atoms with Crippen LogP contribution in [0.2, 0.25) is 0 Å². The van der Waals surface area contributed by atoms with E-state index in [-0.39, 0.29) is 0 Å². The number of hydrogen-bond donors (Lipinski definition) is 1. The van der Waals surface area contributed by atoms with Crippen LogP contribution in [0, 0.1) is 0 Å². The molecular formula is C12H20N2. The van der Waals surface area contributed by atoms with Gasteiger partial charge in [0.25, 0.3) is 0 Å². The van der Waals surface area contributed by atoms with Crippen LogP contribution in [-0.4, -0.2) is 11.5 Å². The van der Waals surface area contributed by atoms with Crippen LogP contribution in [0.3, 0.4) is 0 Å². The van der Waals surface area contributed by atoms with Gasteiger partial charge in [0, 0.05) is 24.1 Å². The van der Waals surface area contributed by atoms with Crippen molar-refractivity contribution in [2.24, 2.45) is 0 Å². The lowest BCUT2D eigenvalue weighted by Crippen LogP contribution is -1.92. The summed E-state index contributed by atoms with van der Waals surface area (Å²) in [6, 6.07) is 2.16. The first-order chi connectivity index (χ1) is 6.81. The Morgan fingerprint density at radius 3 is 2.71 bits per heavy atom. The molecule has 0 spiro atoms. The summed E-state index contributed by atoms with van der Waals surface area (Å²) in [5.74, 6) is 0. The highest BCUT2D eigenvalue weighted by Gasteiger charge is 2.09. The zero-order valence-corrected chi connectivity index (χ0v) is 9.43. The minimum Gasteiger partial charge on any atom is -0.384 e. The summed E-state index contributed by atoms with van der Waals surface area (Å²) >= 11 is 0. The summed E-state index contributed by atoms with van der Waals surface area (Å²) in [5, 5.41) is 3.33. The number of hydrogen-bond acceptors (Lipinski definition) is 2. The zero-order valence-electron chi connectivity index (χ0n) is 9.43. The molecule has 0 saturated heterocycles. The molecule has 0 aromatic carbocycles. The van der Waals surface area contributed by atoms with Crippen molar-refractivity contribution in [2.75, 3.05) is 11.9 Å². The van der Waals surface area contributed by atoms with Crippen molar-refractivity contribution in [1.29, 1.82) is 0 Å². The molecular weight excluding hydrogens is 172 g/mol. The Morgan fingerprint density at radius 1 is 1.36 bits per heavy atom. The lowest BCUT2D eigenvalue weighted by molar-refractivity contribution is 1.02. The predicted molar refractivity (Wildman–Crippen MR) is 61.8 cm³/mol. The van der Waals surface area contributed by atoms with Crippen LogP contribution >= 0.6 is 0 Å². The van der Waals surface area contributed by atoms with Crippen LogP contribution in [0.25, 0.3) is 0 Å². The van der Waals surface area contributed by atoms with Crippen molar-refractivity contribution in [1.82, 2.24) is 4.98 Å². The highest BCUT2D eigenvalue weighted by Crippen LogP contribution is 2.21. The van der Waals surface area contributed by atoms with Gasteiger partial charge in [-0.25, -0.2) is 0 Å². The SMILES string of the molecule is CCC.CCc1cc2c(cn1)CCN2. The van der Waals surface area contributed by atoms with Crippen LogP contribution in [0.4, 0.5) is 5.69 Å². The van der Waals surface area contributed by atoms with E-state index >= 15 is 0 Å². The van der Waals surface area contributed by atoms with E-state index in [0.29, 0.717) is 0 Å². The molecule has 0 aliphatic carbocycles. The number of aryl methyl sites for hydroxylation is 1. The molecule has 0 fully saturated rings. The Morgan fingerprint density at radius 2 is 2.07 bits per heavy atom. The largest absolute Gasteiger partial charge is 0.384 e. The summed E-state index contributed by atoms with van der Waals surface area (Å²) < 4.78 is 0. The molecule has 1 N–H and O–H groups in total. The average molecular weight is 192 g/mol. The van der Waals surface area contributed by atoms with Gasteiger partial charge in [-0.3, -0.25) is 4.98 Å². The van der Waals surface area contributed by atoms with Crippen molar-refractivity contribution in [3.05, 3.63) is 23.5 Å². The van der Waals surface area contributed by atoms with E-state index < -0.39 is 0 Å². The number of pyridine rings is 1. The highest BCUT2D eigenvalue weighted by atomic mass is 14.9. The summed E-state index contributed by atoms with van der Waals surface area (Å²) in [5.41, 5.74) is 3.83. The Bertz CT molecular complexity index is 282. The summed E-state index contributed by atoms with van der Waals surface area (Å²) in [7, 11) is 0. The molecule has 2 heteroatoms. The molecule has 0 saturated carbocycles. The molecule has 0 radical (unpaired) electrons. The Balaban J connectivity index is 0.000000293. The number of aromatic nitrogens is 1. The molecule has 0 amide bonds. The Hall–Kier alpha value is -1.05. The van der Waals surface area contributed by atoms with Gasteiger partial charge in [0.05, 0.1) is 0 Å². The Kier molecular flexibility index (Phi) is 4.44. The van der Waals surface area contributed by atoms with Crippen molar-refractivity contribution in [2.45, 2.75) is 40.0 Å². The Labute approximate surface area is 86.8 Å². The van der Waals surface area contributed by atoms with Gasteiger partial charge in [-0.15, -0.1) is 0 Å². The number of rotatable bonds is 1. The van der Waals surface area contributed by atoms with Crippen LogP contribution < -0.4 is 5.32 Å². The predicted octanol–water partition coefficient (Wildman–Crippen LogP) is 3.03. The van der Waals surface area contributed by atoms with Crippen molar-refractivity contribution < 1.29 is 0 Å². The molecule has 1 aromatic heterocycles. The maximum Gasteiger partial charge on any atom is 0.0421 e. The zero-order chi connectivity index (χ0) is 10.4. The molecule has 14 heavy (non-hydrogen) atoms. The van der Waals surface area contributed by atoms with Crippen LogP contribution in [-0.2, 0) is 12.8 Å². The molecule has 1 aliphatic heterocycles. The van der Waals surface area contributed by atoms with Crippen LogP contribution in [0.15, 0.2) is 12.3 Å². The molecule has 0 unspecified atom stereocenters. The van der Waals surface area contributed by atoms with Gasteiger partial charge in [0.2, 0.25) is 0 Å². The van der Waals surface area contributed by atoms with Crippen LogP contribution in [0.5, 0.6) is 0 Å². The topological polar surface area (TPSA) is 24.9 Å². The van der Waals surface area contributed by atoms with Gasteiger partial charge in [-0.2, -0.15) is 0 Å². The van der Waals surface area contributed by atoms with Gasteiger partial charge in [-0.05, 0) is 24.5 Å². The van der Waals surface area contributed by atoms with Gasteiger partial charge in [-0.1, -0.05) is 27.2 Å². The second kappa shape index (κ2) is 5.63. The van der Waals surface area contributed by atoms with Gasteiger partial charge in [0.15, 0.2) is 0 Å². The lowest BCUT2D eigenvalue weighted by atomic mass is 10.2. The van der Waals surface area contributed by atoms with Crippen LogP contribution in [0.1, 0.15) is 38.4 Å². The number of anilines is 1. The fraction of sp³-hybridized carbons (Fsp3) is 0.583. The van der Waals surface area contributed by atoms with E-state index in [9.17, 15) is 0 Å². The molecule has 2 nitrogen and oxygen atoms in total. The third-order valence-corrected chi connectivity index (χ3v) is 2.12. The van der Waals surface area contributed by atoms with E-state index in [4.69, 9.17) is 0 Å². The van der Waals surface area contributed by atoms with E-state index in [1.54, 1.807) is 0 Å². The van der Waals surface area contributed by atoms with E-state index in [1.165, 1.54) is 23.4 Å². The minimum atomic E-state index is 1.02. The van der Waals surface area contributed by atoms with Crippen molar-refractivity contribution in [3.63, 3.8) is 0 Å². The fourth-order valence-electron chi connectivity index (χ4n) is 1.42. The molecule has 1 aliphatic rings. The third kappa shape index (κ3) is 2.72.